The van der Waals surface area contributed by atoms with Crippen LogP contribution in [0.5, 0.6) is 0 Å². The number of carbonyl (C=O) groups excluding carboxylic acids is 2. The molecule has 0 saturated carbocycles. The molecule has 8 nitrogen and oxygen atoms in total. The summed E-state index contributed by atoms with van der Waals surface area (Å²) in [5, 5.41) is 2.58. The Bertz CT molecular complexity index is 1040. The lowest BCUT2D eigenvalue weighted by molar-refractivity contribution is -0.119. The predicted molar refractivity (Wildman–Crippen MR) is 118 cm³/mol. The minimum atomic E-state index is -3.67. The van der Waals surface area contributed by atoms with E-state index in [4.69, 9.17) is 9.47 Å². The zero-order chi connectivity index (χ0) is 22.4. The van der Waals surface area contributed by atoms with Crippen LogP contribution in [-0.2, 0) is 30.7 Å². The number of amides is 1. The number of benzene rings is 1. The summed E-state index contributed by atoms with van der Waals surface area (Å²) >= 11 is 1.35. The standard InChI is InChI=1S/C21H26N2O6S2/c1-3-5-16-12-19(30-15(16)2)21(25)29-14-20(24)22-17-6-4-7-18(13-17)31(26,27)23-8-10-28-11-9-23/h4,6-7,12-13H,3,5,8-11,14H2,1-2H3,(H,22,24). The van der Waals surface area contributed by atoms with Gasteiger partial charge < -0.3 is 14.8 Å². The highest BCUT2D eigenvalue weighted by molar-refractivity contribution is 7.89. The number of carbonyl (C=O) groups is 2. The van der Waals surface area contributed by atoms with Crippen molar-refractivity contribution >= 4 is 38.9 Å². The molecule has 10 heteroatoms. The van der Waals surface area contributed by atoms with E-state index >= 15 is 0 Å². The lowest BCUT2D eigenvalue weighted by atomic mass is 10.1. The Morgan fingerprint density at radius 1 is 1.23 bits per heavy atom. The third-order valence-corrected chi connectivity index (χ3v) is 7.77. The molecule has 0 atom stereocenters. The number of nitrogens with one attached hydrogen (secondary N) is 1. The van der Waals surface area contributed by atoms with E-state index in [9.17, 15) is 18.0 Å². The summed E-state index contributed by atoms with van der Waals surface area (Å²) in [6.07, 6.45) is 1.87. The number of thiophene rings is 1. The molecule has 2 heterocycles. The number of esters is 1. The van der Waals surface area contributed by atoms with Crippen molar-refractivity contribution < 1.29 is 27.5 Å². The Hall–Kier alpha value is -2.27. The molecule has 1 aliphatic rings. The molecule has 1 aliphatic heterocycles. The summed E-state index contributed by atoms with van der Waals surface area (Å²) in [6.45, 7) is 4.85. The summed E-state index contributed by atoms with van der Waals surface area (Å²) in [4.78, 5) is 26.1. The summed E-state index contributed by atoms with van der Waals surface area (Å²) in [6, 6.07) is 7.82. The molecule has 1 N–H and O–H groups in total. The number of morpholine rings is 1. The fourth-order valence-corrected chi connectivity index (χ4v) is 5.63. The maximum absolute atomic E-state index is 12.8. The lowest BCUT2D eigenvalue weighted by Crippen LogP contribution is -2.40. The number of hydrogen-bond donors (Lipinski definition) is 1. The maximum atomic E-state index is 12.8. The average molecular weight is 467 g/mol. The molecule has 0 unspecified atom stereocenters. The number of rotatable bonds is 8. The van der Waals surface area contributed by atoms with Crippen LogP contribution in [-0.4, -0.2) is 57.5 Å². The van der Waals surface area contributed by atoms with Crippen molar-refractivity contribution in [1.29, 1.82) is 0 Å². The topological polar surface area (TPSA) is 102 Å². The van der Waals surface area contributed by atoms with Gasteiger partial charge in [0.2, 0.25) is 10.0 Å². The van der Waals surface area contributed by atoms with Crippen LogP contribution in [0, 0.1) is 6.92 Å². The Morgan fingerprint density at radius 2 is 1.97 bits per heavy atom. The minimum absolute atomic E-state index is 0.0849. The van der Waals surface area contributed by atoms with E-state index in [-0.39, 0.29) is 18.0 Å². The molecule has 168 valence electrons. The van der Waals surface area contributed by atoms with Crippen LogP contribution in [0.1, 0.15) is 33.5 Å². The van der Waals surface area contributed by atoms with E-state index in [2.05, 4.69) is 12.2 Å². The first-order valence-electron chi connectivity index (χ1n) is 10.1. The third-order valence-electron chi connectivity index (χ3n) is 4.80. The monoisotopic (exact) mass is 466 g/mol. The SMILES string of the molecule is CCCc1cc(C(=O)OCC(=O)Nc2cccc(S(=O)(=O)N3CCOCC3)c2)sc1C. The number of aryl methyl sites for hydroxylation is 2. The van der Waals surface area contributed by atoms with Crippen LogP contribution < -0.4 is 5.32 Å². The molecule has 1 saturated heterocycles. The Labute approximate surface area is 186 Å². The average Bonchev–Trinajstić information content (AvgIpc) is 3.13. The van der Waals surface area contributed by atoms with Gasteiger partial charge in [0.15, 0.2) is 6.61 Å². The number of nitrogens with zero attached hydrogens (tertiary/aromatic N) is 1. The lowest BCUT2D eigenvalue weighted by Gasteiger charge is -2.26. The van der Waals surface area contributed by atoms with Crippen molar-refractivity contribution in [2.75, 3.05) is 38.2 Å². The Morgan fingerprint density at radius 3 is 2.68 bits per heavy atom. The van der Waals surface area contributed by atoms with Gasteiger partial charge in [-0.2, -0.15) is 4.31 Å². The van der Waals surface area contributed by atoms with Crippen LogP contribution >= 0.6 is 11.3 Å². The zero-order valence-corrected chi connectivity index (χ0v) is 19.2. The smallest absolute Gasteiger partial charge is 0.348 e. The van der Waals surface area contributed by atoms with Gasteiger partial charge in [0, 0.05) is 23.7 Å². The summed E-state index contributed by atoms with van der Waals surface area (Å²) in [5.74, 6) is -1.09. The van der Waals surface area contributed by atoms with Crippen LogP contribution in [0.15, 0.2) is 35.2 Å². The highest BCUT2D eigenvalue weighted by atomic mass is 32.2. The normalized spacial score (nSPS) is 14.9. The largest absolute Gasteiger partial charge is 0.451 e. The van der Waals surface area contributed by atoms with Gasteiger partial charge in [-0.3, -0.25) is 4.79 Å². The number of hydrogen-bond acceptors (Lipinski definition) is 7. The molecule has 1 amide bonds. The Balaban J connectivity index is 1.59. The molecule has 0 bridgehead atoms. The maximum Gasteiger partial charge on any atom is 0.348 e. The summed E-state index contributed by atoms with van der Waals surface area (Å²) < 4.78 is 37.2. The molecular weight excluding hydrogens is 440 g/mol. The van der Waals surface area contributed by atoms with Crippen molar-refractivity contribution in [1.82, 2.24) is 4.31 Å². The van der Waals surface area contributed by atoms with Crippen LogP contribution in [0.25, 0.3) is 0 Å². The van der Waals surface area contributed by atoms with E-state index in [1.807, 2.05) is 13.0 Å². The van der Waals surface area contributed by atoms with Gasteiger partial charge in [0.25, 0.3) is 5.91 Å². The second kappa shape index (κ2) is 10.4. The fourth-order valence-electron chi connectivity index (χ4n) is 3.21. The summed E-state index contributed by atoms with van der Waals surface area (Å²) in [7, 11) is -3.67. The molecule has 0 aliphatic carbocycles. The quantitative estimate of drug-likeness (QED) is 0.600. The number of anilines is 1. The number of ether oxygens (including phenoxy) is 2. The van der Waals surface area contributed by atoms with Crippen LogP contribution in [0.4, 0.5) is 5.69 Å². The van der Waals surface area contributed by atoms with E-state index in [0.717, 1.165) is 23.3 Å². The van der Waals surface area contributed by atoms with E-state index in [1.54, 1.807) is 12.1 Å². The third kappa shape index (κ3) is 5.91. The van der Waals surface area contributed by atoms with Gasteiger partial charge in [-0.1, -0.05) is 19.4 Å². The minimum Gasteiger partial charge on any atom is -0.451 e. The molecule has 3 rings (SSSR count). The van der Waals surface area contributed by atoms with Gasteiger partial charge in [0.1, 0.15) is 4.88 Å². The van der Waals surface area contributed by atoms with Gasteiger partial charge in [-0.15, -0.1) is 11.3 Å². The zero-order valence-electron chi connectivity index (χ0n) is 17.5. The van der Waals surface area contributed by atoms with Crippen molar-refractivity contribution in [3.8, 4) is 0 Å². The second-order valence-corrected chi connectivity index (χ2v) is 10.3. The summed E-state index contributed by atoms with van der Waals surface area (Å²) in [5.41, 5.74) is 1.43. The van der Waals surface area contributed by atoms with Gasteiger partial charge in [-0.25, -0.2) is 13.2 Å². The Kier molecular flexibility index (Phi) is 7.82. The van der Waals surface area contributed by atoms with E-state index in [0.29, 0.717) is 23.8 Å². The first-order valence-corrected chi connectivity index (χ1v) is 12.3. The molecule has 31 heavy (non-hydrogen) atoms. The van der Waals surface area contributed by atoms with Crippen molar-refractivity contribution in [2.45, 2.75) is 31.6 Å². The van der Waals surface area contributed by atoms with Gasteiger partial charge in [0.05, 0.1) is 18.1 Å². The molecule has 2 aromatic rings. The van der Waals surface area contributed by atoms with Crippen molar-refractivity contribution in [3.05, 3.63) is 45.6 Å². The number of sulfonamides is 1. The highest BCUT2D eigenvalue weighted by Crippen LogP contribution is 2.24. The fraction of sp³-hybridized carbons (Fsp3) is 0.429. The molecule has 1 aromatic carbocycles. The second-order valence-electron chi connectivity index (χ2n) is 7.11. The highest BCUT2D eigenvalue weighted by Gasteiger charge is 2.26. The van der Waals surface area contributed by atoms with Crippen LogP contribution in [0.2, 0.25) is 0 Å². The first kappa shape index (κ1) is 23.4. The van der Waals surface area contributed by atoms with Gasteiger partial charge in [-0.05, 0) is 43.2 Å². The van der Waals surface area contributed by atoms with Gasteiger partial charge >= 0.3 is 5.97 Å². The molecule has 0 radical (unpaired) electrons. The van der Waals surface area contributed by atoms with Crippen molar-refractivity contribution in [2.24, 2.45) is 0 Å². The molecular formula is C21H26N2O6S2. The predicted octanol–water partition coefficient (Wildman–Crippen LogP) is 2.83. The van der Waals surface area contributed by atoms with Crippen molar-refractivity contribution in [3.63, 3.8) is 0 Å². The van der Waals surface area contributed by atoms with Crippen LogP contribution in [0.3, 0.4) is 0 Å². The molecule has 0 spiro atoms. The first-order chi connectivity index (χ1) is 14.8. The van der Waals surface area contributed by atoms with E-state index < -0.39 is 28.5 Å². The molecule has 1 aromatic heterocycles. The van der Waals surface area contributed by atoms with E-state index in [1.165, 1.54) is 27.8 Å². The molecule has 1 fully saturated rings.